The third-order valence-electron chi connectivity index (χ3n) is 3.45. The van der Waals surface area contributed by atoms with Gasteiger partial charge >= 0.3 is 0 Å². The summed E-state index contributed by atoms with van der Waals surface area (Å²) in [6.45, 7) is 4.09. The summed E-state index contributed by atoms with van der Waals surface area (Å²) in [7, 11) is 5.49. The average molecular weight is 236 g/mol. The second-order valence-electron chi connectivity index (χ2n) is 4.37. The summed E-state index contributed by atoms with van der Waals surface area (Å²) in [5.74, 6) is 1.77. The van der Waals surface area contributed by atoms with Gasteiger partial charge in [0.25, 0.3) is 0 Å². The Balaban J connectivity index is 2.35. The Hall–Kier alpha value is -1.42. The van der Waals surface area contributed by atoms with Gasteiger partial charge in [-0.15, -0.1) is 0 Å². The van der Waals surface area contributed by atoms with E-state index < -0.39 is 0 Å². The predicted octanol–water partition coefficient (Wildman–Crippen LogP) is 1.42. The fraction of sp³-hybridized carbons (Fsp3) is 0.538. The van der Waals surface area contributed by atoms with Gasteiger partial charge in [0, 0.05) is 25.7 Å². The van der Waals surface area contributed by atoms with Crippen LogP contribution in [-0.2, 0) is 0 Å². The van der Waals surface area contributed by atoms with Crippen molar-refractivity contribution in [2.24, 2.45) is 0 Å². The largest absolute Gasteiger partial charge is 0.496 e. The molecule has 1 aliphatic heterocycles. The molecule has 0 unspecified atom stereocenters. The number of nitrogens with zero attached hydrogens (tertiary/aromatic N) is 1. The van der Waals surface area contributed by atoms with Gasteiger partial charge in [0.15, 0.2) is 0 Å². The van der Waals surface area contributed by atoms with Crippen LogP contribution in [0.2, 0.25) is 0 Å². The maximum atomic E-state index is 5.52. The van der Waals surface area contributed by atoms with Crippen LogP contribution < -0.4 is 19.7 Å². The highest BCUT2D eigenvalue weighted by molar-refractivity contribution is 5.65. The number of likely N-dealkylation sites (N-methyl/N-ethyl adjacent to an activating group) is 1. The van der Waals surface area contributed by atoms with Crippen LogP contribution in [0.15, 0.2) is 12.1 Å². The van der Waals surface area contributed by atoms with Crippen LogP contribution in [0.4, 0.5) is 5.69 Å². The summed E-state index contributed by atoms with van der Waals surface area (Å²) in [6.07, 6.45) is 0. The first-order chi connectivity index (χ1) is 8.19. The van der Waals surface area contributed by atoms with Crippen LogP contribution in [0.1, 0.15) is 5.56 Å². The predicted molar refractivity (Wildman–Crippen MR) is 69.3 cm³/mol. The fourth-order valence-electron chi connectivity index (χ4n) is 2.16. The molecule has 1 N–H and O–H groups in total. The zero-order valence-corrected chi connectivity index (χ0v) is 10.9. The van der Waals surface area contributed by atoms with Crippen LogP contribution >= 0.6 is 0 Å². The van der Waals surface area contributed by atoms with Gasteiger partial charge in [-0.2, -0.15) is 0 Å². The van der Waals surface area contributed by atoms with E-state index in [1.165, 1.54) is 0 Å². The summed E-state index contributed by atoms with van der Waals surface area (Å²) in [5.41, 5.74) is 2.17. The third kappa shape index (κ3) is 2.05. The van der Waals surface area contributed by atoms with E-state index in [0.717, 1.165) is 35.8 Å². The molecule has 0 saturated carbocycles. The van der Waals surface area contributed by atoms with Crippen molar-refractivity contribution in [3.63, 3.8) is 0 Å². The number of rotatable bonds is 4. The Morgan fingerprint density at radius 3 is 2.41 bits per heavy atom. The second-order valence-corrected chi connectivity index (χ2v) is 4.37. The highest BCUT2D eigenvalue weighted by atomic mass is 16.5. The standard InChI is InChI=1S/C13H20N2O2/c1-9-12(16-3)6-5-11(13(9)17-4)15(2)10-7-14-8-10/h5-6,10,14H,7-8H2,1-4H3. The quantitative estimate of drug-likeness (QED) is 0.857. The molecule has 17 heavy (non-hydrogen) atoms. The topological polar surface area (TPSA) is 33.7 Å². The zero-order valence-electron chi connectivity index (χ0n) is 10.9. The summed E-state index contributed by atoms with van der Waals surface area (Å²) in [5, 5.41) is 3.28. The zero-order chi connectivity index (χ0) is 12.4. The van der Waals surface area contributed by atoms with E-state index in [4.69, 9.17) is 9.47 Å². The maximum absolute atomic E-state index is 5.52. The Morgan fingerprint density at radius 1 is 1.24 bits per heavy atom. The molecule has 0 atom stereocenters. The number of nitrogens with one attached hydrogen (secondary N) is 1. The van der Waals surface area contributed by atoms with Crippen LogP contribution in [0.3, 0.4) is 0 Å². The minimum atomic E-state index is 0.552. The van der Waals surface area contributed by atoms with Crippen molar-refractivity contribution < 1.29 is 9.47 Å². The van der Waals surface area contributed by atoms with Crippen molar-refractivity contribution in [2.75, 3.05) is 39.3 Å². The monoisotopic (exact) mass is 236 g/mol. The van der Waals surface area contributed by atoms with Crippen molar-refractivity contribution in [3.05, 3.63) is 17.7 Å². The summed E-state index contributed by atoms with van der Waals surface area (Å²) in [6, 6.07) is 4.61. The Labute approximate surface area is 103 Å². The summed E-state index contributed by atoms with van der Waals surface area (Å²) < 4.78 is 10.8. The minimum Gasteiger partial charge on any atom is -0.496 e. The van der Waals surface area contributed by atoms with Gasteiger partial charge in [0.2, 0.25) is 0 Å². The van der Waals surface area contributed by atoms with Crippen molar-refractivity contribution in [1.82, 2.24) is 5.32 Å². The molecule has 4 nitrogen and oxygen atoms in total. The van der Waals surface area contributed by atoms with Gasteiger partial charge in [0.05, 0.1) is 25.9 Å². The number of benzene rings is 1. The minimum absolute atomic E-state index is 0.552. The molecule has 94 valence electrons. The molecule has 0 aromatic heterocycles. The van der Waals surface area contributed by atoms with Gasteiger partial charge in [-0.1, -0.05) is 0 Å². The lowest BCUT2D eigenvalue weighted by Gasteiger charge is -2.38. The van der Waals surface area contributed by atoms with Gasteiger partial charge in [-0.25, -0.2) is 0 Å². The van der Waals surface area contributed by atoms with Crippen LogP contribution in [0.5, 0.6) is 11.5 Å². The average Bonchev–Trinajstić information content (AvgIpc) is 2.26. The first-order valence-corrected chi connectivity index (χ1v) is 5.84. The molecule has 4 heteroatoms. The molecule has 0 aliphatic carbocycles. The Bertz CT molecular complexity index is 403. The molecule has 0 amide bonds. The van der Waals surface area contributed by atoms with E-state index in [1.807, 2.05) is 13.0 Å². The number of hydrogen-bond donors (Lipinski definition) is 1. The first kappa shape index (κ1) is 12.0. The molecule has 1 aromatic rings. The molecule has 0 bridgehead atoms. The lowest BCUT2D eigenvalue weighted by molar-refractivity contribution is 0.383. The maximum Gasteiger partial charge on any atom is 0.148 e. The van der Waals surface area contributed by atoms with E-state index in [-0.39, 0.29) is 0 Å². The van der Waals surface area contributed by atoms with Crippen molar-refractivity contribution in [2.45, 2.75) is 13.0 Å². The fourth-order valence-corrected chi connectivity index (χ4v) is 2.16. The van der Waals surface area contributed by atoms with Crippen molar-refractivity contribution in [1.29, 1.82) is 0 Å². The molecule has 1 fully saturated rings. The SMILES string of the molecule is COc1ccc(N(C)C2CNC2)c(OC)c1C. The second kappa shape index (κ2) is 4.84. The van der Waals surface area contributed by atoms with Crippen LogP contribution in [0.25, 0.3) is 0 Å². The van der Waals surface area contributed by atoms with Crippen molar-refractivity contribution >= 4 is 5.69 Å². The molecule has 0 spiro atoms. The molecule has 1 aliphatic rings. The van der Waals surface area contributed by atoms with E-state index in [1.54, 1.807) is 14.2 Å². The normalized spacial score (nSPS) is 15.3. The first-order valence-electron chi connectivity index (χ1n) is 5.84. The Morgan fingerprint density at radius 2 is 1.94 bits per heavy atom. The highest BCUT2D eigenvalue weighted by Gasteiger charge is 2.24. The third-order valence-corrected chi connectivity index (χ3v) is 3.45. The van der Waals surface area contributed by atoms with E-state index >= 15 is 0 Å². The van der Waals surface area contributed by atoms with Crippen LogP contribution in [-0.4, -0.2) is 40.4 Å². The highest BCUT2D eigenvalue weighted by Crippen LogP contribution is 2.37. The van der Waals surface area contributed by atoms with Crippen molar-refractivity contribution in [3.8, 4) is 11.5 Å². The Kier molecular flexibility index (Phi) is 3.43. The van der Waals surface area contributed by atoms with E-state index in [9.17, 15) is 0 Å². The molecule has 2 rings (SSSR count). The molecular formula is C13H20N2O2. The van der Waals surface area contributed by atoms with Gasteiger partial charge in [0.1, 0.15) is 11.5 Å². The number of methoxy groups -OCH3 is 2. The molecule has 1 saturated heterocycles. The number of anilines is 1. The number of hydrogen-bond acceptors (Lipinski definition) is 4. The molecule has 1 heterocycles. The lowest BCUT2D eigenvalue weighted by atomic mass is 10.1. The van der Waals surface area contributed by atoms with Gasteiger partial charge in [-0.3, -0.25) is 0 Å². The molecule has 1 aromatic carbocycles. The van der Waals surface area contributed by atoms with Crippen LogP contribution in [0, 0.1) is 6.92 Å². The molecular weight excluding hydrogens is 216 g/mol. The van der Waals surface area contributed by atoms with E-state index in [0.29, 0.717) is 6.04 Å². The summed E-state index contributed by atoms with van der Waals surface area (Å²) >= 11 is 0. The van der Waals surface area contributed by atoms with Gasteiger partial charge < -0.3 is 19.7 Å². The lowest BCUT2D eigenvalue weighted by Crippen LogP contribution is -2.56. The molecule has 0 radical (unpaired) electrons. The summed E-state index contributed by atoms with van der Waals surface area (Å²) in [4.78, 5) is 2.27. The smallest absolute Gasteiger partial charge is 0.148 e. The van der Waals surface area contributed by atoms with E-state index in [2.05, 4.69) is 23.3 Å². The van der Waals surface area contributed by atoms with Gasteiger partial charge in [-0.05, 0) is 19.1 Å². The number of ether oxygens (including phenoxy) is 2.